The quantitative estimate of drug-likeness (QED) is 0.918. The van der Waals surface area contributed by atoms with Gasteiger partial charge in [0.25, 0.3) is 0 Å². The van der Waals surface area contributed by atoms with Gasteiger partial charge in [0.2, 0.25) is 5.91 Å². The van der Waals surface area contributed by atoms with Gasteiger partial charge in [-0.15, -0.1) is 0 Å². The summed E-state index contributed by atoms with van der Waals surface area (Å²) < 4.78 is 5.21. The molecule has 114 valence electrons. The van der Waals surface area contributed by atoms with Crippen LogP contribution in [0.25, 0.3) is 0 Å². The van der Waals surface area contributed by atoms with Crippen molar-refractivity contribution in [2.24, 2.45) is 0 Å². The number of benzene rings is 1. The summed E-state index contributed by atoms with van der Waals surface area (Å²) in [6, 6.07) is 10.6. The maximum absolute atomic E-state index is 12.0. The highest BCUT2D eigenvalue weighted by molar-refractivity contribution is 5.78. The molecule has 1 N–H and O–H groups in total. The molecular weight excluding hydrogens is 264 g/mol. The van der Waals surface area contributed by atoms with E-state index in [0.717, 1.165) is 39.1 Å². The van der Waals surface area contributed by atoms with Crippen LogP contribution in [-0.4, -0.2) is 49.7 Å². The third-order valence-electron chi connectivity index (χ3n) is 4.84. The lowest BCUT2D eigenvalue weighted by Crippen LogP contribution is -2.56. The Hall–Kier alpha value is -1.39. The average Bonchev–Trinajstić information content (AvgIpc) is 2.83. The Morgan fingerprint density at radius 2 is 2.19 bits per heavy atom. The number of amides is 1. The summed E-state index contributed by atoms with van der Waals surface area (Å²) in [5.74, 6) is 0.579. The van der Waals surface area contributed by atoms with E-state index in [9.17, 15) is 4.79 Å². The van der Waals surface area contributed by atoms with E-state index in [2.05, 4.69) is 34.5 Å². The van der Waals surface area contributed by atoms with Crippen molar-refractivity contribution in [3.8, 4) is 0 Å². The van der Waals surface area contributed by atoms with Gasteiger partial charge in [-0.3, -0.25) is 9.69 Å². The van der Waals surface area contributed by atoms with Gasteiger partial charge in [-0.2, -0.15) is 0 Å². The Morgan fingerprint density at radius 3 is 2.90 bits per heavy atom. The molecule has 1 aromatic rings. The Bertz CT molecular complexity index is 491. The molecule has 2 heterocycles. The van der Waals surface area contributed by atoms with Gasteiger partial charge >= 0.3 is 0 Å². The number of piperidine rings is 1. The van der Waals surface area contributed by atoms with Crippen LogP contribution in [0.2, 0.25) is 0 Å². The molecule has 0 radical (unpaired) electrons. The van der Waals surface area contributed by atoms with Crippen molar-refractivity contribution < 1.29 is 9.53 Å². The predicted octanol–water partition coefficient (Wildman–Crippen LogP) is 1.77. The smallest absolute Gasteiger partial charge is 0.220 e. The van der Waals surface area contributed by atoms with Crippen LogP contribution >= 0.6 is 0 Å². The molecular formula is C17H24N2O2. The van der Waals surface area contributed by atoms with Crippen LogP contribution in [0.4, 0.5) is 0 Å². The van der Waals surface area contributed by atoms with Crippen molar-refractivity contribution in [2.75, 3.05) is 33.4 Å². The average molecular weight is 288 g/mol. The molecule has 2 aliphatic heterocycles. The molecule has 4 nitrogen and oxygen atoms in total. The zero-order valence-corrected chi connectivity index (χ0v) is 12.7. The van der Waals surface area contributed by atoms with Crippen molar-refractivity contribution in [1.82, 2.24) is 10.2 Å². The van der Waals surface area contributed by atoms with Gasteiger partial charge in [0, 0.05) is 39.1 Å². The highest BCUT2D eigenvalue weighted by atomic mass is 16.5. The van der Waals surface area contributed by atoms with Crippen molar-refractivity contribution in [2.45, 2.75) is 30.7 Å². The van der Waals surface area contributed by atoms with Gasteiger partial charge < -0.3 is 10.1 Å². The van der Waals surface area contributed by atoms with E-state index in [4.69, 9.17) is 4.74 Å². The third-order valence-corrected chi connectivity index (χ3v) is 4.84. The van der Waals surface area contributed by atoms with Gasteiger partial charge in [-0.25, -0.2) is 0 Å². The number of rotatable bonds is 4. The van der Waals surface area contributed by atoms with Crippen LogP contribution in [-0.2, 0) is 9.53 Å². The Labute approximate surface area is 126 Å². The number of nitrogens with zero attached hydrogens (tertiary/aromatic N) is 1. The summed E-state index contributed by atoms with van der Waals surface area (Å²) in [6.45, 7) is 3.60. The SMILES string of the molecule is COCCN1C[C@@H](c2ccccc2)[C@@]2(CCCC(=O)N2)C1. The molecule has 1 aromatic carbocycles. The summed E-state index contributed by atoms with van der Waals surface area (Å²) in [5, 5.41) is 3.33. The van der Waals surface area contributed by atoms with Crippen molar-refractivity contribution in [3.63, 3.8) is 0 Å². The summed E-state index contributed by atoms with van der Waals surface area (Å²) in [5.41, 5.74) is 1.24. The number of likely N-dealkylation sites (tertiary alicyclic amines) is 1. The minimum absolute atomic E-state index is 0.0928. The van der Waals surface area contributed by atoms with Crippen LogP contribution in [0.1, 0.15) is 30.7 Å². The first-order chi connectivity index (χ1) is 10.2. The highest BCUT2D eigenvalue weighted by Crippen LogP contribution is 2.41. The molecule has 0 unspecified atom stereocenters. The maximum atomic E-state index is 12.0. The number of methoxy groups -OCH3 is 1. The Morgan fingerprint density at radius 1 is 1.38 bits per heavy atom. The van der Waals surface area contributed by atoms with Crippen molar-refractivity contribution in [3.05, 3.63) is 35.9 Å². The van der Waals surface area contributed by atoms with Gasteiger partial charge in [-0.1, -0.05) is 30.3 Å². The van der Waals surface area contributed by atoms with Crippen LogP contribution in [0.3, 0.4) is 0 Å². The van der Waals surface area contributed by atoms with Gasteiger partial charge in [0.15, 0.2) is 0 Å². The monoisotopic (exact) mass is 288 g/mol. The molecule has 0 aliphatic carbocycles. The molecule has 0 bridgehead atoms. The van der Waals surface area contributed by atoms with Crippen LogP contribution in [0, 0.1) is 0 Å². The molecule has 21 heavy (non-hydrogen) atoms. The lowest BCUT2D eigenvalue weighted by molar-refractivity contribution is -0.125. The fourth-order valence-electron chi connectivity index (χ4n) is 3.85. The molecule has 4 heteroatoms. The first-order valence-corrected chi connectivity index (χ1v) is 7.81. The number of hydrogen-bond acceptors (Lipinski definition) is 3. The molecule has 3 rings (SSSR count). The summed E-state index contributed by atoms with van der Waals surface area (Å²) >= 11 is 0. The van der Waals surface area contributed by atoms with E-state index in [0.29, 0.717) is 12.3 Å². The number of hydrogen-bond donors (Lipinski definition) is 1. The molecule has 2 saturated heterocycles. The maximum Gasteiger partial charge on any atom is 0.220 e. The van der Waals surface area contributed by atoms with E-state index >= 15 is 0 Å². The first kappa shape index (κ1) is 14.5. The lowest BCUT2D eigenvalue weighted by Gasteiger charge is -2.39. The molecule has 0 saturated carbocycles. The normalized spacial score (nSPS) is 29.8. The van der Waals surface area contributed by atoms with E-state index in [1.54, 1.807) is 7.11 Å². The molecule has 1 spiro atoms. The zero-order chi connectivity index (χ0) is 14.7. The van der Waals surface area contributed by atoms with E-state index in [1.807, 2.05) is 6.07 Å². The number of carbonyl (C=O) groups excluding carboxylic acids is 1. The van der Waals surface area contributed by atoms with E-state index < -0.39 is 0 Å². The van der Waals surface area contributed by atoms with Gasteiger partial charge in [-0.05, 0) is 18.4 Å². The van der Waals surface area contributed by atoms with Crippen LogP contribution < -0.4 is 5.32 Å². The minimum Gasteiger partial charge on any atom is -0.383 e. The van der Waals surface area contributed by atoms with Gasteiger partial charge in [0.1, 0.15) is 0 Å². The molecule has 1 amide bonds. The standard InChI is InChI=1S/C17H24N2O2/c1-21-11-10-19-12-15(14-6-3-2-4-7-14)17(13-19)9-5-8-16(20)18-17/h2-4,6-7,15H,5,8-13H2,1H3,(H,18,20)/t15-,17+/m0/s1. The van der Waals surface area contributed by atoms with Crippen molar-refractivity contribution in [1.29, 1.82) is 0 Å². The number of nitrogens with one attached hydrogen (secondary N) is 1. The van der Waals surface area contributed by atoms with Gasteiger partial charge in [0.05, 0.1) is 12.1 Å². The minimum atomic E-state index is -0.0928. The number of carbonyl (C=O) groups is 1. The van der Waals surface area contributed by atoms with E-state index in [1.165, 1.54) is 5.56 Å². The summed E-state index contributed by atoms with van der Waals surface area (Å²) in [4.78, 5) is 14.4. The second kappa shape index (κ2) is 6.16. The zero-order valence-electron chi connectivity index (χ0n) is 12.7. The van der Waals surface area contributed by atoms with E-state index in [-0.39, 0.29) is 11.4 Å². The molecule has 0 aromatic heterocycles. The largest absolute Gasteiger partial charge is 0.383 e. The molecule has 2 atom stereocenters. The fraction of sp³-hybridized carbons (Fsp3) is 0.588. The summed E-state index contributed by atoms with van der Waals surface area (Å²) in [7, 11) is 1.74. The second-order valence-corrected chi connectivity index (χ2v) is 6.25. The Balaban J connectivity index is 1.85. The highest BCUT2D eigenvalue weighted by Gasteiger charge is 2.48. The summed E-state index contributed by atoms with van der Waals surface area (Å²) in [6.07, 6.45) is 2.73. The van der Waals surface area contributed by atoms with Crippen molar-refractivity contribution >= 4 is 5.91 Å². The molecule has 2 aliphatic rings. The lowest BCUT2D eigenvalue weighted by atomic mass is 9.76. The Kier molecular flexibility index (Phi) is 4.27. The molecule has 2 fully saturated rings. The second-order valence-electron chi connectivity index (χ2n) is 6.25. The van der Waals surface area contributed by atoms with Crippen LogP contribution in [0.5, 0.6) is 0 Å². The third kappa shape index (κ3) is 2.97. The topological polar surface area (TPSA) is 41.6 Å². The fourth-order valence-corrected chi connectivity index (χ4v) is 3.85. The number of ether oxygens (including phenoxy) is 1. The first-order valence-electron chi connectivity index (χ1n) is 7.81. The van der Waals surface area contributed by atoms with Crippen LogP contribution in [0.15, 0.2) is 30.3 Å². The predicted molar refractivity (Wildman–Crippen MR) is 82.2 cm³/mol.